The molecule has 21 heavy (non-hydrogen) atoms. The molecule has 0 atom stereocenters. The van der Waals surface area contributed by atoms with Crippen molar-refractivity contribution in [3.63, 3.8) is 0 Å². The van der Waals surface area contributed by atoms with E-state index >= 15 is 0 Å². The van der Waals surface area contributed by atoms with Crippen molar-refractivity contribution in [2.45, 2.75) is 18.4 Å². The second-order valence-electron chi connectivity index (χ2n) is 4.90. The summed E-state index contributed by atoms with van der Waals surface area (Å²) in [6.07, 6.45) is 1.19. The number of hydrogen-bond donors (Lipinski definition) is 1. The first-order valence-corrected chi connectivity index (χ1v) is 8.39. The summed E-state index contributed by atoms with van der Waals surface area (Å²) in [5.41, 5.74) is 2.57. The number of anilines is 1. The maximum absolute atomic E-state index is 11.4. The summed E-state index contributed by atoms with van der Waals surface area (Å²) in [6.45, 7) is 2.12. The Balaban J connectivity index is 2.01. The normalized spacial score (nSPS) is 11.1. The number of ketones is 1. The topological polar surface area (TPSA) is 63.2 Å². The van der Waals surface area contributed by atoms with Crippen LogP contribution in [0, 0.1) is 0 Å². The monoisotopic (exact) mass is 303 g/mol. The van der Waals surface area contributed by atoms with E-state index in [1.807, 2.05) is 12.1 Å². The summed E-state index contributed by atoms with van der Waals surface area (Å²) in [7, 11) is -3.15. The van der Waals surface area contributed by atoms with Gasteiger partial charge in [0, 0.05) is 24.1 Å². The van der Waals surface area contributed by atoms with Crippen LogP contribution in [0.1, 0.15) is 22.8 Å². The predicted octanol–water partition coefficient (Wildman–Crippen LogP) is 2.90. The Morgan fingerprint density at radius 3 is 2.05 bits per heavy atom. The summed E-state index contributed by atoms with van der Waals surface area (Å²) in [5, 5.41) is 3.22. The molecule has 0 amide bonds. The van der Waals surface area contributed by atoms with Gasteiger partial charge in [-0.05, 0) is 48.9 Å². The number of benzene rings is 2. The zero-order valence-corrected chi connectivity index (χ0v) is 12.8. The number of Topliss-reactive ketones (excluding diaryl/α,β-unsaturated/α-hetero) is 1. The quantitative estimate of drug-likeness (QED) is 0.863. The van der Waals surface area contributed by atoms with E-state index in [-0.39, 0.29) is 5.78 Å². The van der Waals surface area contributed by atoms with Crippen LogP contribution in [-0.2, 0) is 16.4 Å². The Labute approximate surface area is 124 Å². The third-order valence-corrected chi connectivity index (χ3v) is 4.27. The lowest BCUT2D eigenvalue weighted by molar-refractivity contribution is 0.101. The molecule has 2 aromatic carbocycles. The lowest BCUT2D eigenvalue weighted by Crippen LogP contribution is -2.01. The highest BCUT2D eigenvalue weighted by Crippen LogP contribution is 2.14. The van der Waals surface area contributed by atoms with Crippen LogP contribution >= 0.6 is 0 Å². The number of rotatable bonds is 5. The smallest absolute Gasteiger partial charge is 0.175 e. The van der Waals surface area contributed by atoms with Gasteiger partial charge in [0.1, 0.15) is 0 Å². The van der Waals surface area contributed by atoms with Gasteiger partial charge in [0.15, 0.2) is 15.6 Å². The number of sulfone groups is 1. The van der Waals surface area contributed by atoms with Crippen LogP contribution < -0.4 is 5.32 Å². The van der Waals surface area contributed by atoms with E-state index < -0.39 is 9.84 Å². The van der Waals surface area contributed by atoms with Crippen molar-refractivity contribution in [2.24, 2.45) is 0 Å². The first-order valence-electron chi connectivity index (χ1n) is 6.50. The molecule has 1 N–H and O–H groups in total. The molecule has 0 fully saturated rings. The highest BCUT2D eigenvalue weighted by atomic mass is 32.2. The first kappa shape index (κ1) is 15.3. The molecular weight excluding hydrogens is 286 g/mol. The molecule has 0 radical (unpaired) electrons. The van der Waals surface area contributed by atoms with Gasteiger partial charge in [0.2, 0.25) is 0 Å². The van der Waals surface area contributed by atoms with Crippen molar-refractivity contribution in [1.29, 1.82) is 0 Å². The van der Waals surface area contributed by atoms with Crippen molar-refractivity contribution in [1.82, 2.24) is 0 Å². The van der Waals surface area contributed by atoms with E-state index in [4.69, 9.17) is 0 Å². The molecule has 0 bridgehead atoms. The Hall–Kier alpha value is -2.14. The number of carbonyl (C=O) groups excluding carboxylic acids is 1. The van der Waals surface area contributed by atoms with Gasteiger partial charge in [-0.1, -0.05) is 12.1 Å². The van der Waals surface area contributed by atoms with Crippen molar-refractivity contribution >= 4 is 21.3 Å². The summed E-state index contributed by atoms with van der Waals surface area (Å²) in [4.78, 5) is 11.5. The van der Waals surface area contributed by atoms with Gasteiger partial charge in [-0.2, -0.15) is 0 Å². The molecule has 0 aliphatic carbocycles. The van der Waals surface area contributed by atoms with E-state index in [9.17, 15) is 13.2 Å². The Kier molecular flexibility index (Phi) is 4.43. The lowest BCUT2D eigenvalue weighted by atomic mass is 10.1. The second-order valence-corrected chi connectivity index (χ2v) is 6.92. The minimum absolute atomic E-state index is 0.0397. The maximum Gasteiger partial charge on any atom is 0.175 e. The third-order valence-electron chi connectivity index (χ3n) is 3.14. The molecule has 2 rings (SSSR count). The molecule has 0 saturated heterocycles. The number of carbonyl (C=O) groups is 1. The molecule has 0 aromatic heterocycles. The summed E-state index contributed by atoms with van der Waals surface area (Å²) in [5.74, 6) is 0.0397. The Morgan fingerprint density at radius 1 is 1.00 bits per heavy atom. The number of nitrogens with one attached hydrogen (secondary N) is 1. The van der Waals surface area contributed by atoms with Crippen LogP contribution in [0.4, 0.5) is 5.69 Å². The van der Waals surface area contributed by atoms with Crippen LogP contribution in [-0.4, -0.2) is 20.5 Å². The van der Waals surface area contributed by atoms with Crippen molar-refractivity contribution in [3.8, 4) is 0 Å². The predicted molar refractivity (Wildman–Crippen MR) is 83.3 cm³/mol. The molecule has 5 heteroatoms. The fourth-order valence-electron chi connectivity index (χ4n) is 1.88. The molecule has 4 nitrogen and oxygen atoms in total. The average Bonchev–Trinajstić information content (AvgIpc) is 2.45. The molecule has 0 aliphatic rings. The van der Waals surface area contributed by atoms with Gasteiger partial charge in [-0.3, -0.25) is 4.79 Å². The SMILES string of the molecule is CC(=O)c1ccc(NCc2ccc(S(C)(=O)=O)cc2)cc1. The summed E-state index contributed by atoms with van der Waals surface area (Å²) >= 11 is 0. The molecular formula is C16H17NO3S. The van der Waals surface area contributed by atoms with Crippen LogP contribution in [0.25, 0.3) is 0 Å². The fraction of sp³-hybridized carbons (Fsp3) is 0.188. The maximum atomic E-state index is 11.4. The third kappa shape index (κ3) is 4.16. The largest absolute Gasteiger partial charge is 0.381 e. The van der Waals surface area contributed by atoms with Gasteiger partial charge in [-0.25, -0.2) is 8.42 Å². The average molecular weight is 303 g/mol. The van der Waals surface area contributed by atoms with E-state index in [2.05, 4.69) is 5.32 Å². The molecule has 110 valence electrons. The Bertz CT molecular complexity index is 732. The van der Waals surface area contributed by atoms with E-state index in [0.29, 0.717) is 17.0 Å². The van der Waals surface area contributed by atoms with Crippen molar-refractivity contribution in [2.75, 3.05) is 11.6 Å². The van der Waals surface area contributed by atoms with Gasteiger partial charge in [-0.15, -0.1) is 0 Å². The van der Waals surface area contributed by atoms with E-state index in [1.165, 1.54) is 13.2 Å². The zero-order chi connectivity index (χ0) is 15.5. The van der Waals surface area contributed by atoms with Gasteiger partial charge < -0.3 is 5.32 Å². The molecule has 0 saturated carbocycles. The minimum atomic E-state index is -3.15. The summed E-state index contributed by atoms with van der Waals surface area (Å²) < 4.78 is 22.7. The van der Waals surface area contributed by atoms with Gasteiger partial charge in [0.05, 0.1) is 4.90 Å². The zero-order valence-electron chi connectivity index (χ0n) is 12.0. The lowest BCUT2D eigenvalue weighted by Gasteiger charge is -2.07. The molecule has 2 aromatic rings. The van der Waals surface area contributed by atoms with Crippen molar-refractivity contribution in [3.05, 3.63) is 59.7 Å². The first-order chi connectivity index (χ1) is 9.86. The second kappa shape index (κ2) is 6.10. The van der Waals surface area contributed by atoms with Crippen LogP contribution in [0.5, 0.6) is 0 Å². The van der Waals surface area contributed by atoms with E-state index in [0.717, 1.165) is 11.3 Å². The molecule has 0 aliphatic heterocycles. The Morgan fingerprint density at radius 2 is 1.57 bits per heavy atom. The number of hydrogen-bond acceptors (Lipinski definition) is 4. The highest BCUT2D eigenvalue weighted by Gasteiger charge is 2.06. The highest BCUT2D eigenvalue weighted by molar-refractivity contribution is 7.90. The van der Waals surface area contributed by atoms with E-state index in [1.54, 1.807) is 36.4 Å². The van der Waals surface area contributed by atoms with Gasteiger partial charge in [0.25, 0.3) is 0 Å². The van der Waals surface area contributed by atoms with Crippen LogP contribution in [0.2, 0.25) is 0 Å². The molecule has 0 spiro atoms. The molecule has 0 heterocycles. The van der Waals surface area contributed by atoms with Crippen LogP contribution in [0.3, 0.4) is 0 Å². The standard InChI is InChI=1S/C16H17NO3S/c1-12(18)14-5-7-15(8-6-14)17-11-13-3-9-16(10-4-13)21(2,19)20/h3-10,17H,11H2,1-2H3. The van der Waals surface area contributed by atoms with Crippen LogP contribution in [0.15, 0.2) is 53.4 Å². The van der Waals surface area contributed by atoms with Crippen molar-refractivity contribution < 1.29 is 13.2 Å². The molecule has 0 unspecified atom stereocenters. The summed E-state index contributed by atoms with van der Waals surface area (Å²) in [6, 6.07) is 14.0. The fourth-order valence-corrected chi connectivity index (χ4v) is 2.51. The minimum Gasteiger partial charge on any atom is -0.381 e. The van der Waals surface area contributed by atoms with Gasteiger partial charge >= 0.3 is 0 Å².